The molecule has 3 N–H and O–H groups in total. The molecular weight excluding hydrogens is 310 g/mol. The quantitative estimate of drug-likeness (QED) is 0.793. The molecule has 0 saturated carbocycles. The van der Waals surface area contributed by atoms with E-state index >= 15 is 0 Å². The Hall–Kier alpha value is -1.21. The van der Waals surface area contributed by atoms with E-state index in [0.29, 0.717) is 4.47 Å². The number of hydrogen-bond acceptors (Lipinski definition) is 2. The van der Waals surface area contributed by atoms with Crippen molar-refractivity contribution in [2.45, 2.75) is 19.6 Å². The van der Waals surface area contributed by atoms with Gasteiger partial charge >= 0.3 is 6.03 Å². The van der Waals surface area contributed by atoms with Gasteiger partial charge in [-0.3, -0.25) is 0 Å². The van der Waals surface area contributed by atoms with Gasteiger partial charge < -0.3 is 15.7 Å². The van der Waals surface area contributed by atoms with Crippen LogP contribution in [0.4, 0.5) is 13.6 Å². The minimum atomic E-state index is -0.738. The number of hydrogen-bond donors (Lipinski definition) is 3. The van der Waals surface area contributed by atoms with Gasteiger partial charge in [-0.1, -0.05) is 15.9 Å². The molecule has 2 amide bonds. The highest BCUT2D eigenvalue weighted by Gasteiger charge is 2.11. The first-order valence-corrected chi connectivity index (χ1v) is 6.02. The zero-order valence-electron chi connectivity index (χ0n) is 9.64. The smallest absolute Gasteiger partial charge is 0.315 e. The topological polar surface area (TPSA) is 61.4 Å². The second-order valence-electron chi connectivity index (χ2n) is 3.76. The summed E-state index contributed by atoms with van der Waals surface area (Å²) in [5.74, 6) is -1.48. The summed E-state index contributed by atoms with van der Waals surface area (Å²) in [6, 6.07) is 1.64. The van der Waals surface area contributed by atoms with Crippen LogP contribution in [-0.2, 0) is 6.54 Å². The molecule has 0 bridgehead atoms. The summed E-state index contributed by atoms with van der Waals surface area (Å²) in [4.78, 5) is 11.2. The number of carbonyl (C=O) groups is 1. The number of benzene rings is 1. The molecule has 0 aliphatic carbocycles. The Morgan fingerprint density at radius 2 is 1.94 bits per heavy atom. The van der Waals surface area contributed by atoms with Crippen LogP contribution in [0.3, 0.4) is 0 Å². The molecule has 1 aromatic rings. The van der Waals surface area contributed by atoms with Crippen LogP contribution in [0.25, 0.3) is 0 Å². The van der Waals surface area contributed by atoms with Crippen LogP contribution in [0.2, 0.25) is 0 Å². The third kappa shape index (κ3) is 4.58. The fourth-order valence-corrected chi connectivity index (χ4v) is 1.61. The van der Waals surface area contributed by atoms with Crippen molar-refractivity contribution in [1.82, 2.24) is 10.6 Å². The highest BCUT2D eigenvalue weighted by Crippen LogP contribution is 2.19. The lowest BCUT2D eigenvalue weighted by Crippen LogP contribution is -2.38. The lowest BCUT2D eigenvalue weighted by Gasteiger charge is -2.10. The summed E-state index contributed by atoms with van der Waals surface area (Å²) in [5, 5.41) is 13.6. The molecule has 1 aromatic carbocycles. The van der Waals surface area contributed by atoms with Crippen molar-refractivity contribution in [2.24, 2.45) is 0 Å². The summed E-state index contributed by atoms with van der Waals surface area (Å²) in [5.41, 5.74) is -0.217. The average Bonchev–Trinajstić information content (AvgIpc) is 2.24. The predicted molar refractivity (Wildman–Crippen MR) is 66.0 cm³/mol. The molecule has 0 saturated heterocycles. The largest absolute Gasteiger partial charge is 0.392 e. The fraction of sp³-hybridized carbons (Fsp3) is 0.364. The first-order valence-electron chi connectivity index (χ1n) is 5.23. The summed E-state index contributed by atoms with van der Waals surface area (Å²) in [6.07, 6.45) is -0.683. The number of nitrogens with one attached hydrogen (secondary N) is 2. The molecular formula is C11H13BrF2N2O2. The highest BCUT2D eigenvalue weighted by atomic mass is 79.9. The Kier molecular flexibility index (Phi) is 5.49. The van der Waals surface area contributed by atoms with Gasteiger partial charge in [0, 0.05) is 16.6 Å². The van der Waals surface area contributed by atoms with E-state index < -0.39 is 23.8 Å². The van der Waals surface area contributed by atoms with Crippen molar-refractivity contribution in [2.75, 3.05) is 6.54 Å². The Bertz CT molecular complexity index is 418. The number of amides is 2. The van der Waals surface area contributed by atoms with E-state index in [1.165, 1.54) is 6.92 Å². The summed E-state index contributed by atoms with van der Waals surface area (Å²) >= 11 is 2.96. The van der Waals surface area contributed by atoms with Crippen LogP contribution in [0.1, 0.15) is 12.5 Å². The second kappa shape index (κ2) is 6.65. The van der Waals surface area contributed by atoms with E-state index in [1.54, 1.807) is 0 Å². The molecule has 1 rings (SSSR count). The van der Waals surface area contributed by atoms with Gasteiger partial charge in [0.25, 0.3) is 0 Å². The number of halogens is 3. The van der Waals surface area contributed by atoms with Gasteiger partial charge in [-0.2, -0.15) is 0 Å². The maximum Gasteiger partial charge on any atom is 0.315 e. The van der Waals surface area contributed by atoms with Crippen LogP contribution in [0, 0.1) is 11.6 Å². The molecule has 0 spiro atoms. The van der Waals surface area contributed by atoms with Crippen molar-refractivity contribution >= 4 is 22.0 Å². The van der Waals surface area contributed by atoms with Gasteiger partial charge in [-0.15, -0.1) is 0 Å². The molecule has 0 aliphatic rings. The Labute approximate surface area is 112 Å². The monoisotopic (exact) mass is 322 g/mol. The molecule has 1 atom stereocenters. The molecule has 0 radical (unpaired) electrons. The summed E-state index contributed by atoms with van der Waals surface area (Å²) in [7, 11) is 0. The number of aliphatic hydroxyl groups is 1. The van der Waals surface area contributed by atoms with Gasteiger partial charge in [0.2, 0.25) is 0 Å². The Morgan fingerprint density at radius 1 is 1.39 bits per heavy atom. The lowest BCUT2D eigenvalue weighted by molar-refractivity contribution is 0.187. The molecule has 4 nitrogen and oxygen atoms in total. The predicted octanol–water partition coefficient (Wildman–Crippen LogP) is 1.91. The third-order valence-corrected chi connectivity index (χ3v) is 2.55. The summed E-state index contributed by atoms with van der Waals surface area (Å²) < 4.78 is 27.1. The van der Waals surface area contributed by atoms with Crippen molar-refractivity contribution in [3.63, 3.8) is 0 Å². The van der Waals surface area contributed by atoms with Crippen molar-refractivity contribution in [3.8, 4) is 0 Å². The maximum atomic E-state index is 13.4. The summed E-state index contributed by atoms with van der Waals surface area (Å²) in [6.45, 7) is 1.31. The van der Waals surface area contributed by atoms with E-state index in [4.69, 9.17) is 5.11 Å². The van der Waals surface area contributed by atoms with Crippen LogP contribution in [-0.4, -0.2) is 23.8 Å². The minimum Gasteiger partial charge on any atom is -0.392 e. The standard InChI is InChI=1S/C11H13BrF2N2O2/c1-6(17)4-15-11(18)16-5-8-9(13)2-7(12)3-10(8)14/h2-3,6,17H,4-5H2,1H3,(H2,15,16,18)/t6-/m1/s1. The maximum absolute atomic E-state index is 13.4. The van der Waals surface area contributed by atoms with Crippen LogP contribution in [0.5, 0.6) is 0 Å². The normalized spacial score (nSPS) is 12.1. The van der Waals surface area contributed by atoms with E-state index in [0.717, 1.165) is 12.1 Å². The van der Waals surface area contributed by atoms with Crippen molar-refractivity contribution in [1.29, 1.82) is 0 Å². The van der Waals surface area contributed by atoms with Crippen molar-refractivity contribution < 1.29 is 18.7 Å². The van der Waals surface area contributed by atoms with Gasteiger partial charge in [0.15, 0.2) is 0 Å². The first-order chi connectivity index (χ1) is 8.40. The van der Waals surface area contributed by atoms with E-state index in [1.807, 2.05) is 0 Å². The van der Waals surface area contributed by atoms with E-state index in [9.17, 15) is 13.6 Å². The molecule has 18 heavy (non-hydrogen) atoms. The molecule has 0 aromatic heterocycles. The molecule has 0 aliphatic heterocycles. The minimum absolute atomic E-state index is 0.0666. The zero-order valence-corrected chi connectivity index (χ0v) is 11.2. The fourth-order valence-electron chi connectivity index (χ4n) is 1.21. The van der Waals surface area contributed by atoms with E-state index in [-0.39, 0.29) is 18.7 Å². The number of carbonyl (C=O) groups excluding carboxylic acids is 1. The zero-order chi connectivity index (χ0) is 13.7. The van der Waals surface area contributed by atoms with Gasteiger partial charge in [-0.25, -0.2) is 13.6 Å². The van der Waals surface area contributed by atoms with Crippen LogP contribution in [0.15, 0.2) is 16.6 Å². The second-order valence-corrected chi connectivity index (χ2v) is 4.68. The average molecular weight is 323 g/mol. The Balaban J connectivity index is 2.56. The molecule has 0 fully saturated rings. The number of urea groups is 1. The molecule has 7 heteroatoms. The van der Waals surface area contributed by atoms with Crippen LogP contribution < -0.4 is 10.6 Å². The van der Waals surface area contributed by atoms with Gasteiger partial charge in [0.05, 0.1) is 12.6 Å². The molecule has 0 heterocycles. The van der Waals surface area contributed by atoms with Crippen LogP contribution >= 0.6 is 15.9 Å². The van der Waals surface area contributed by atoms with Gasteiger partial charge in [-0.05, 0) is 19.1 Å². The number of rotatable bonds is 4. The highest BCUT2D eigenvalue weighted by molar-refractivity contribution is 9.10. The molecule has 100 valence electrons. The Morgan fingerprint density at radius 3 is 2.44 bits per heavy atom. The van der Waals surface area contributed by atoms with Gasteiger partial charge in [0.1, 0.15) is 11.6 Å². The lowest BCUT2D eigenvalue weighted by atomic mass is 10.2. The third-order valence-electron chi connectivity index (χ3n) is 2.09. The molecule has 0 unspecified atom stereocenters. The van der Waals surface area contributed by atoms with E-state index in [2.05, 4.69) is 26.6 Å². The number of aliphatic hydroxyl groups excluding tert-OH is 1. The SMILES string of the molecule is C[C@@H](O)CNC(=O)NCc1c(F)cc(Br)cc1F. The van der Waals surface area contributed by atoms with Crippen molar-refractivity contribution in [3.05, 3.63) is 33.8 Å². The first kappa shape index (κ1) is 14.8.